The number of piperidine rings is 1. The van der Waals surface area contributed by atoms with Gasteiger partial charge in [0.25, 0.3) is 0 Å². The van der Waals surface area contributed by atoms with Crippen molar-refractivity contribution in [2.24, 2.45) is 17.6 Å². The smallest absolute Gasteiger partial charge is 0.123 e. The van der Waals surface area contributed by atoms with Crippen molar-refractivity contribution in [3.05, 3.63) is 35.6 Å². The third-order valence-corrected chi connectivity index (χ3v) is 4.43. The van der Waals surface area contributed by atoms with Gasteiger partial charge in [-0.05, 0) is 55.5 Å². The summed E-state index contributed by atoms with van der Waals surface area (Å²) in [5.41, 5.74) is 7.10. The molecule has 0 bridgehead atoms. The zero-order valence-electron chi connectivity index (χ0n) is 11.8. The van der Waals surface area contributed by atoms with Gasteiger partial charge in [0.15, 0.2) is 0 Å². The van der Waals surface area contributed by atoms with Crippen LogP contribution in [-0.4, -0.2) is 31.1 Å². The predicted molar refractivity (Wildman–Crippen MR) is 77.5 cm³/mol. The minimum atomic E-state index is -0.157. The fourth-order valence-electron chi connectivity index (χ4n) is 3.10. The van der Waals surface area contributed by atoms with Gasteiger partial charge in [-0.25, -0.2) is 4.39 Å². The van der Waals surface area contributed by atoms with Gasteiger partial charge in [-0.2, -0.15) is 0 Å². The first-order valence-electron chi connectivity index (χ1n) is 7.39. The van der Waals surface area contributed by atoms with Gasteiger partial charge in [-0.3, -0.25) is 0 Å². The van der Waals surface area contributed by atoms with Crippen molar-refractivity contribution in [3.8, 4) is 0 Å². The van der Waals surface area contributed by atoms with Gasteiger partial charge in [0.1, 0.15) is 5.82 Å². The van der Waals surface area contributed by atoms with E-state index in [-0.39, 0.29) is 5.82 Å². The fraction of sp³-hybridized carbons (Fsp3) is 0.625. The lowest BCUT2D eigenvalue weighted by Gasteiger charge is -2.37. The predicted octanol–water partition coefficient (Wildman–Crippen LogP) is 2.68. The Morgan fingerprint density at radius 2 is 2.00 bits per heavy atom. The quantitative estimate of drug-likeness (QED) is 0.886. The van der Waals surface area contributed by atoms with Crippen LogP contribution in [0.25, 0.3) is 0 Å². The number of halogens is 1. The van der Waals surface area contributed by atoms with Crippen LogP contribution >= 0.6 is 0 Å². The van der Waals surface area contributed by atoms with E-state index in [0.29, 0.717) is 5.92 Å². The number of rotatable bonds is 5. The highest BCUT2D eigenvalue weighted by Gasteiger charge is 2.26. The number of likely N-dealkylation sites (tertiary alicyclic amines) is 1. The molecule has 0 radical (unpaired) electrons. The average Bonchev–Trinajstić information content (AvgIpc) is 2.46. The molecule has 1 aliphatic rings. The first-order chi connectivity index (χ1) is 9.22. The van der Waals surface area contributed by atoms with E-state index in [2.05, 4.69) is 11.8 Å². The van der Waals surface area contributed by atoms with E-state index in [1.54, 1.807) is 12.1 Å². The summed E-state index contributed by atoms with van der Waals surface area (Å²) in [4.78, 5) is 2.51. The molecule has 3 heteroatoms. The Hall–Kier alpha value is -0.930. The summed E-state index contributed by atoms with van der Waals surface area (Å²) >= 11 is 0. The molecule has 1 aromatic carbocycles. The lowest BCUT2D eigenvalue weighted by atomic mass is 9.83. The zero-order valence-corrected chi connectivity index (χ0v) is 11.8. The van der Waals surface area contributed by atoms with Crippen LogP contribution in [0, 0.1) is 17.7 Å². The van der Waals surface area contributed by atoms with Crippen LogP contribution in [0.15, 0.2) is 24.3 Å². The summed E-state index contributed by atoms with van der Waals surface area (Å²) in [6.07, 6.45) is 3.50. The number of benzene rings is 1. The Balaban J connectivity index is 1.82. The van der Waals surface area contributed by atoms with E-state index in [0.717, 1.165) is 32.0 Å². The summed E-state index contributed by atoms with van der Waals surface area (Å²) in [7, 11) is 0. The lowest BCUT2D eigenvalue weighted by Crippen LogP contribution is -2.44. The summed E-state index contributed by atoms with van der Waals surface area (Å²) < 4.78 is 12.8. The molecular formula is C16H25FN2. The maximum absolute atomic E-state index is 12.8. The topological polar surface area (TPSA) is 29.3 Å². The van der Waals surface area contributed by atoms with Gasteiger partial charge >= 0.3 is 0 Å². The SMILES string of the molecule is CCC1CCN(CCc2ccc(F)cc2)CC1CN. The van der Waals surface area contributed by atoms with Crippen LogP contribution in [0.3, 0.4) is 0 Å². The van der Waals surface area contributed by atoms with Crippen LogP contribution in [0.2, 0.25) is 0 Å². The number of hydrogen-bond acceptors (Lipinski definition) is 2. The monoisotopic (exact) mass is 264 g/mol. The summed E-state index contributed by atoms with van der Waals surface area (Å²) in [6.45, 7) is 6.41. The highest BCUT2D eigenvalue weighted by Crippen LogP contribution is 2.25. The van der Waals surface area contributed by atoms with Crippen molar-refractivity contribution in [3.63, 3.8) is 0 Å². The van der Waals surface area contributed by atoms with Crippen molar-refractivity contribution in [2.75, 3.05) is 26.2 Å². The minimum absolute atomic E-state index is 0.157. The molecule has 2 nitrogen and oxygen atoms in total. The Kier molecular flexibility index (Phi) is 5.34. The minimum Gasteiger partial charge on any atom is -0.330 e. The Morgan fingerprint density at radius 1 is 1.26 bits per heavy atom. The highest BCUT2D eigenvalue weighted by molar-refractivity contribution is 5.16. The normalized spacial score (nSPS) is 24.6. The van der Waals surface area contributed by atoms with Crippen molar-refractivity contribution in [2.45, 2.75) is 26.2 Å². The molecule has 2 rings (SSSR count). The van der Waals surface area contributed by atoms with E-state index in [1.807, 2.05) is 12.1 Å². The van der Waals surface area contributed by atoms with E-state index in [4.69, 9.17) is 5.73 Å². The van der Waals surface area contributed by atoms with E-state index in [9.17, 15) is 4.39 Å². The Morgan fingerprint density at radius 3 is 2.63 bits per heavy atom. The third-order valence-electron chi connectivity index (χ3n) is 4.43. The molecule has 1 aliphatic heterocycles. The van der Waals surface area contributed by atoms with Gasteiger partial charge in [0, 0.05) is 13.1 Å². The van der Waals surface area contributed by atoms with Gasteiger partial charge < -0.3 is 10.6 Å². The second kappa shape index (κ2) is 7.01. The van der Waals surface area contributed by atoms with Crippen LogP contribution in [-0.2, 0) is 6.42 Å². The third kappa shape index (κ3) is 4.02. The molecule has 2 N–H and O–H groups in total. The zero-order chi connectivity index (χ0) is 13.7. The Bertz CT molecular complexity index is 377. The van der Waals surface area contributed by atoms with E-state index < -0.39 is 0 Å². The molecule has 1 heterocycles. The molecule has 2 unspecified atom stereocenters. The molecular weight excluding hydrogens is 239 g/mol. The maximum Gasteiger partial charge on any atom is 0.123 e. The van der Waals surface area contributed by atoms with Crippen LogP contribution in [0.1, 0.15) is 25.3 Å². The highest BCUT2D eigenvalue weighted by atomic mass is 19.1. The van der Waals surface area contributed by atoms with E-state index >= 15 is 0 Å². The van der Waals surface area contributed by atoms with Gasteiger partial charge in [-0.1, -0.05) is 25.5 Å². The fourth-order valence-corrected chi connectivity index (χ4v) is 3.10. The largest absolute Gasteiger partial charge is 0.330 e. The van der Waals surface area contributed by atoms with Crippen molar-refractivity contribution in [1.29, 1.82) is 0 Å². The molecule has 0 saturated carbocycles. The molecule has 19 heavy (non-hydrogen) atoms. The molecule has 1 fully saturated rings. The van der Waals surface area contributed by atoms with Crippen LogP contribution in [0.4, 0.5) is 4.39 Å². The molecule has 106 valence electrons. The number of nitrogens with zero attached hydrogens (tertiary/aromatic N) is 1. The van der Waals surface area contributed by atoms with Crippen molar-refractivity contribution in [1.82, 2.24) is 4.90 Å². The summed E-state index contributed by atoms with van der Waals surface area (Å²) in [6, 6.07) is 6.85. The van der Waals surface area contributed by atoms with Gasteiger partial charge in [0.05, 0.1) is 0 Å². The Labute approximate surface area is 115 Å². The first-order valence-corrected chi connectivity index (χ1v) is 7.39. The molecule has 2 atom stereocenters. The van der Waals surface area contributed by atoms with Gasteiger partial charge in [0.2, 0.25) is 0 Å². The molecule has 1 aromatic rings. The maximum atomic E-state index is 12.8. The van der Waals surface area contributed by atoms with Gasteiger partial charge in [-0.15, -0.1) is 0 Å². The summed E-state index contributed by atoms with van der Waals surface area (Å²) in [5, 5.41) is 0. The summed E-state index contributed by atoms with van der Waals surface area (Å²) in [5.74, 6) is 1.29. The second-order valence-electron chi connectivity index (χ2n) is 5.63. The molecule has 0 aromatic heterocycles. The number of nitrogens with two attached hydrogens (primary N) is 1. The molecule has 0 aliphatic carbocycles. The molecule has 1 saturated heterocycles. The standard InChI is InChI=1S/C16H25FN2/c1-2-14-8-10-19(12-15(14)11-18)9-7-13-3-5-16(17)6-4-13/h3-6,14-15H,2,7-12,18H2,1H3. The second-order valence-corrected chi connectivity index (χ2v) is 5.63. The van der Waals surface area contributed by atoms with Crippen LogP contribution in [0.5, 0.6) is 0 Å². The molecule has 0 spiro atoms. The van der Waals surface area contributed by atoms with Crippen LogP contribution < -0.4 is 5.73 Å². The lowest BCUT2D eigenvalue weighted by molar-refractivity contribution is 0.122. The first kappa shape index (κ1) is 14.5. The average molecular weight is 264 g/mol. The number of hydrogen-bond donors (Lipinski definition) is 1. The van der Waals surface area contributed by atoms with E-state index in [1.165, 1.54) is 24.9 Å². The van der Waals surface area contributed by atoms with Crippen molar-refractivity contribution < 1.29 is 4.39 Å². The van der Waals surface area contributed by atoms with Crippen molar-refractivity contribution >= 4 is 0 Å². The molecule has 0 amide bonds.